The predicted octanol–water partition coefficient (Wildman–Crippen LogP) is 18.6. The van der Waals surface area contributed by atoms with Crippen molar-refractivity contribution < 1.29 is 43.4 Å². The highest BCUT2D eigenvalue weighted by Crippen LogP contribution is 2.22. The zero-order chi connectivity index (χ0) is 55.0. The van der Waals surface area contributed by atoms with Crippen molar-refractivity contribution in [2.75, 3.05) is 0 Å². The van der Waals surface area contributed by atoms with E-state index in [1.165, 1.54) is 240 Å². The highest BCUT2D eigenvalue weighted by Gasteiger charge is 2.11. The Bertz CT molecular complexity index is 1940. The Morgan fingerprint density at radius 2 is 0.453 bits per heavy atom. The summed E-state index contributed by atoms with van der Waals surface area (Å²) in [5.74, 6) is 0.258. The number of benzene rings is 3. The van der Waals surface area contributed by atoms with Crippen molar-refractivity contribution in [3.05, 3.63) is 103 Å². The molecule has 15 heteroatoms. The second-order valence-electron chi connectivity index (χ2n) is 19.5. The maximum atomic E-state index is 11.8. The van der Waals surface area contributed by atoms with Gasteiger partial charge in [-0.1, -0.05) is 213 Å². The Balaban J connectivity index is 0.000000564. The van der Waals surface area contributed by atoms with Crippen LogP contribution in [0.3, 0.4) is 0 Å². The summed E-state index contributed by atoms with van der Waals surface area (Å²) in [4.78, 5) is 65.4. The summed E-state index contributed by atoms with van der Waals surface area (Å²) < 4.78 is 15.5. The number of non-ortho nitro benzene ring substituents is 3. The van der Waals surface area contributed by atoms with E-state index in [9.17, 15) is 44.7 Å². The topological polar surface area (TPSA) is 208 Å². The minimum Gasteiger partial charge on any atom is -0.427 e. The van der Waals surface area contributed by atoms with Crippen molar-refractivity contribution >= 4 is 35.0 Å². The Morgan fingerprint density at radius 3 is 0.613 bits per heavy atom. The molecule has 0 aliphatic rings. The van der Waals surface area contributed by atoms with E-state index in [4.69, 9.17) is 14.2 Å². The Kier molecular flexibility index (Phi) is 42.0. The number of nitrogens with zero attached hydrogens (tertiary/aromatic N) is 3. The van der Waals surface area contributed by atoms with Crippen LogP contribution in [0.5, 0.6) is 17.2 Å². The molecular weight excluding hydrogens is 955 g/mol. The number of nitro benzene ring substituents is 3. The van der Waals surface area contributed by atoms with Gasteiger partial charge < -0.3 is 14.2 Å². The Morgan fingerprint density at radius 1 is 0.293 bits per heavy atom. The molecule has 0 radical (unpaired) electrons. The van der Waals surface area contributed by atoms with Crippen molar-refractivity contribution in [1.82, 2.24) is 0 Å². The number of carbonyl (C=O) groups excluding carboxylic acids is 3. The summed E-state index contributed by atoms with van der Waals surface area (Å²) >= 11 is 0. The quantitative estimate of drug-likeness (QED) is 0.0171. The minimum absolute atomic E-state index is 0.00806. The highest BCUT2D eigenvalue weighted by atomic mass is 16.6. The first-order valence-electron chi connectivity index (χ1n) is 28.7. The monoisotopic (exact) mass is 1050 g/mol. The third kappa shape index (κ3) is 39.4. The SMILES string of the molecule is CCCCCCCCCCCC(=O)Oc1ccc([N+](=O)[O-])cc1.CCCCCCCCCCCCCC(=O)Oc1ccc([N+](=O)[O-])cc1.CCCCCCCCCCCCCCCC(=O)Oc1ccc([N+](=O)[O-])cc1. The van der Waals surface area contributed by atoms with Crippen molar-refractivity contribution in [3.8, 4) is 17.2 Å². The van der Waals surface area contributed by atoms with Gasteiger partial charge in [0.15, 0.2) is 0 Å². The van der Waals surface area contributed by atoms with E-state index in [2.05, 4.69) is 20.8 Å². The summed E-state index contributed by atoms with van der Waals surface area (Å²) in [6.45, 7) is 6.71. The number of esters is 3. The van der Waals surface area contributed by atoms with E-state index in [-0.39, 0.29) is 35.0 Å². The fraction of sp³-hybridized carbons (Fsp3) is 0.650. The molecule has 0 atom stereocenters. The number of hydrogen-bond donors (Lipinski definition) is 0. The van der Waals surface area contributed by atoms with Crippen molar-refractivity contribution in [3.63, 3.8) is 0 Å². The van der Waals surface area contributed by atoms with Crippen LogP contribution < -0.4 is 14.2 Å². The average Bonchev–Trinajstić information content (AvgIpc) is 3.39. The molecule has 3 rings (SSSR count). The summed E-state index contributed by atoms with van der Waals surface area (Å²) in [6.07, 6.45) is 42.2. The van der Waals surface area contributed by atoms with Gasteiger partial charge in [0.25, 0.3) is 17.1 Å². The van der Waals surface area contributed by atoms with E-state index < -0.39 is 14.8 Å². The summed E-state index contributed by atoms with van der Waals surface area (Å²) in [7, 11) is 0. The van der Waals surface area contributed by atoms with Crippen LogP contribution >= 0.6 is 0 Å². The van der Waals surface area contributed by atoms with Crippen LogP contribution in [0, 0.1) is 30.3 Å². The van der Waals surface area contributed by atoms with E-state index in [1.54, 1.807) is 0 Å². The molecule has 0 bridgehead atoms. The van der Waals surface area contributed by atoms with Gasteiger partial charge >= 0.3 is 17.9 Å². The van der Waals surface area contributed by atoms with Crippen molar-refractivity contribution in [1.29, 1.82) is 0 Å². The van der Waals surface area contributed by atoms with Gasteiger partial charge in [0.1, 0.15) is 17.2 Å². The predicted molar refractivity (Wildman–Crippen MR) is 299 cm³/mol. The molecule has 0 aliphatic carbocycles. The van der Waals surface area contributed by atoms with E-state index in [0.29, 0.717) is 36.5 Å². The second kappa shape index (κ2) is 46.8. The van der Waals surface area contributed by atoms with Crippen LogP contribution in [-0.2, 0) is 14.4 Å². The molecule has 0 spiro atoms. The molecule has 420 valence electrons. The van der Waals surface area contributed by atoms with Gasteiger partial charge in [0, 0.05) is 55.7 Å². The maximum absolute atomic E-state index is 11.8. The summed E-state index contributed by atoms with van der Waals surface area (Å²) in [5.41, 5.74) is -0.0276. The van der Waals surface area contributed by atoms with Gasteiger partial charge in [0.2, 0.25) is 0 Å². The van der Waals surface area contributed by atoms with Crippen molar-refractivity contribution in [2.45, 2.75) is 252 Å². The van der Waals surface area contributed by atoms with Gasteiger partial charge in [-0.2, -0.15) is 0 Å². The number of nitro groups is 3. The fourth-order valence-corrected chi connectivity index (χ4v) is 8.26. The maximum Gasteiger partial charge on any atom is 0.311 e. The van der Waals surface area contributed by atoms with E-state index in [0.717, 1.165) is 44.9 Å². The largest absolute Gasteiger partial charge is 0.427 e. The highest BCUT2D eigenvalue weighted by molar-refractivity contribution is 5.73. The van der Waals surface area contributed by atoms with Gasteiger partial charge in [-0.3, -0.25) is 44.7 Å². The molecule has 0 unspecified atom stereocenters. The molecule has 0 aromatic heterocycles. The molecule has 0 saturated heterocycles. The molecule has 0 fully saturated rings. The van der Waals surface area contributed by atoms with Crippen LogP contribution in [0.4, 0.5) is 17.1 Å². The van der Waals surface area contributed by atoms with Gasteiger partial charge in [-0.15, -0.1) is 0 Å². The number of rotatable bonds is 42. The molecule has 15 nitrogen and oxygen atoms in total. The average molecular weight is 1050 g/mol. The van der Waals surface area contributed by atoms with Gasteiger partial charge in [-0.05, 0) is 55.7 Å². The van der Waals surface area contributed by atoms with Crippen LogP contribution in [-0.4, -0.2) is 32.7 Å². The minimum atomic E-state index is -0.478. The lowest BCUT2D eigenvalue weighted by molar-refractivity contribution is -0.385. The third-order valence-electron chi connectivity index (χ3n) is 12.8. The lowest BCUT2D eigenvalue weighted by Gasteiger charge is -2.05. The summed E-state index contributed by atoms with van der Waals surface area (Å²) in [5, 5.41) is 31.7. The van der Waals surface area contributed by atoms with Crippen LogP contribution in [0.2, 0.25) is 0 Å². The van der Waals surface area contributed by atoms with E-state index >= 15 is 0 Å². The number of unbranched alkanes of at least 4 members (excludes halogenated alkanes) is 30. The first kappa shape index (κ1) is 67.3. The first-order chi connectivity index (χ1) is 36.4. The third-order valence-corrected chi connectivity index (χ3v) is 12.8. The molecule has 3 aromatic rings. The van der Waals surface area contributed by atoms with Crippen LogP contribution in [0.1, 0.15) is 252 Å². The Labute approximate surface area is 449 Å². The smallest absolute Gasteiger partial charge is 0.311 e. The number of ether oxygens (including phenoxy) is 3. The van der Waals surface area contributed by atoms with Crippen LogP contribution in [0.15, 0.2) is 72.8 Å². The number of carbonyl (C=O) groups is 3. The van der Waals surface area contributed by atoms with E-state index in [1.807, 2.05) is 0 Å². The molecule has 75 heavy (non-hydrogen) atoms. The zero-order valence-corrected chi connectivity index (χ0v) is 46.1. The summed E-state index contributed by atoms with van der Waals surface area (Å²) in [6, 6.07) is 16.8. The molecular formula is C60H93N3O12. The zero-order valence-electron chi connectivity index (χ0n) is 46.1. The molecule has 0 N–H and O–H groups in total. The standard InChI is InChI=1S/C22H35NO4.C20H31NO4.C18H27NO4/c1-2-3-4-5-6-7-8-9-10-11-12-13-14-15-22(24)27-21-18-16-20(17-19-21)23(25)26;1-2-3-4-5-6-7-8-9-10-11-12-13-20(22)25-19-16-14-18(15-17-19)21(23)24;1-2-3-4-5-6-7-8-9-10-11-18(20)23-17-14-12-16(13-15-17)19(21)22/h16-19H,2-15H2,1H3;14-17H,2-13H2,1H3;12-15H,2-11H2,1H3. The van der Waals surface area contributed by atoms with Crippen LogP contribution in [0.25, 0.3) is 0 Å². The van der Waals surface area contributed by atoms with Crippen molar-refractivity contribution in [2.24, 2.45) is 0 Å². The first-order valence-corrected chi connectivity index (χ1v) is 28.7. The molecule has 3 aromatic carbocycles. The lowest BCUT2D eigenvalue weighted by atomic mass is 10.0. The number of hydrogen-bond acceptors (Lipinski definition) is 12. The molecule has 0 heterocycles. The molecule has 0 saturated carbocycles. The van der Waals surface area contributed by atoms with Gasteiger partial charge in [0.05, 0.1) is 14.8 Å². The van der Waals surface area contributed by atoms with Gasteiger partial charge in [-0.25, -0.2) is 0 Å². The fourth-order valence-electron chi connectivity index (χ4n) is 8.26. The lowest BCUT2D eigenvalue weighted by Crippen LogP contribution is -2.07. The molecule has 0 aliphatic heterocycles. The second-order valence-corrected chi connectivity index (χ2v) is 19.5. The Hall–Kier alpha value is -5.73. The normalized spacial score (nSPS) is 10.6. The molecule has 0 amide bonds.